The van der Waals surface area contributed by atoms with E-state index in [2.05, 4.69) is 28.6 Å². The highest BCUT2D eigenvalue weighted by Gasteiger charge is 2.23. The van der Waals surface area contributed by atoms with E-state index in [1.165, 1.54) is 26.0 Å². The molecule has 0 saturated carbocycles. The molecule has 1 aliphatic rings. The molecule has 39 heavy (non-hydrogen) atoms. The van der Waals surface area contributed by atoms with Gasteiger partial charge in [-0.15, -0.1) is 12.6 Å². The van der Waals surface area contributed by atoms with Gasteiger partial charge in [-0.05, 0) is 13.8 Å². The van der Waals surface area contributed by atoms with E-state index < -0.39 is 34.9 Å². The second kappa shape index (κ2) is 20.1. The van der Waals surface area contributed by atoms with Crippen LogP contribution in [0.15, 0.2) is 12.2 Å². The summed E-state index contributed by atoms with van der Waals surface area (Å²) in [6, 6.07) is -1.54. The molecule has 0 aromatic heterocycles. The fraction of sp³-hybridized carbons (Fsp3) is 0.667. The van der Waals surface area contributed by atoms with Gasteiger partial charge in [-0.1, -0.05) is 0 Å². The van der Waals surface area contributed by atoms with E-state index in [1.807, 2.05) is 0 Å². The van der Waals surface area contributed by atoms with Crippen LogP contribution in [0.5, 0.6) is 0 Å². The van der Waals surface area contributed by atoms with E-state index in [0.29, 0.717) is 52.8 Å². The van der Waals surface area contributed by atoms with Gasteiger partial charge in [0.25, 0.3) is 11.8 Å². The second-order valence-corrected chi connectivity index (χ2v) is 8.76. The van der Waals surface area contributed by atoms with Crippen LogP contribution < -0.4 is 16.0 Å². The molecule has 0 radical (unpaired) electrons. The molecule has 5 amide bonds. The van der Waals surface area contributed by atoms with Gasteiger partial charge in [0.05, 0.1) is 58.9 Å². The first-order chi connectivity index (χ1) is 18.6. The van der Waals surface area contributed by atoms with E-state index in [1.54, 1.807) is 0 Å². The number of amides is 5. The number of thiol groups is 1. The predicted octanol–water partition coefficient (Wildman–Crippen LogP) is -1.66. The van der Waals surface area contributed by atoms with Crippen molar-refractivity contribution in [2.45, 2.75) is 38.8 Å². The van der Waals surface area contributed by atoms with E-state index in [-0.39, 0.29) is 37.8 Å². The van der Waals surface area contributed by atoms with Crippen LogP contribution in [-0.4, -0.2) is 118 Å². The highest BCUT2D eigenvalue weighted by atomic mass is 32.1. The monoisotopic (exact) mass is 574 g/mol. The summed E-state index contributed by atoms with van der Waals surface area (Å²) < 4.78 is 21.4. The van der Waals surface area contributed by atoms with Gasteiger partial charge in [-0.25, -0.2) is 0 Å². The first-order valence-corrected chi connectivity index (χ1v) is 13.0. The summed E-state index contributed by atoms with van der Waals surface area (Å²) in [6.07, 6.45) is 2.46. The van der Waals surface area contributed by atoms with Crippen LogP contribution in [0, 0.1) is 0 Å². The third kappa shape index (κ3) is 16.0. The molecule has 3 N–H and O–H groups in total. The first-order valence-electron chi connectivity index (χ1n) is 12.6. The van der Waals surface area contributed by atoms with Gasteiger partial charge in [-0.2, -0.15) is 0 Å². The van der Waals surface area contributed by atoms with Gasteiger partial charge < -0.3 is 34.9 Å². The van der Waals surface area contributed by atoms with Crippen LogP contribution >= 0.6 is 12.6 Å². The maximum absolute atomic E-state index is 11.9. The molecular formula is C24H38N4O10S. The van der Waals surface area contributed by atoms with E-state index in [4.69, 9.17) is 18.9 Å². The Morgan fingerprint density at radius 1 is 0.744 bits per heavy atom. The SMILES string of the molecule is C[C@H](NC(=O)[C@H](C)NC(=O)CCOCCOCCOCCOCCNC(=O)CCN1C(=O)C=CC1=O)C(=O)S. The number of imide groups is 1. The smallest absolute Gasteiger partial charge is 0.253 e. The topological polar surface area (TPSA) is 179 Å². The van der Waals surface area contributed by atoms with E-state index in [9.17, 15) is 28.8 Å². The Hall–Kier alpha value is -2.85. The third-order valence-electron chi connectivity index (χ3n) is 5.12. The van der Waals surface area contributed by atoms with E-state index >= 15 is 0 Å². The molecule has 0 saturated heterocycles. The normalized spacial score (nSPS) is 14.3. The van der Waals surface area contributed by atoms with Crippen LogP contribution in [-0.2, 0) is 47.7 Å². The molecule has 2 atom stereocenters. The summed E-state index contributed by atoms with van der Waals surface area (Å²) in [7, 11) is 0. The van der Waals surface area contributed by atoms with Gasteiger partial charge in [0, 0.05) is 38.1 Å². The van der Waals surface area contributed by atoms with Crippen LogP contribution in [0.1, 0.15) is 26.7 Å². The standard InChI is InChI=1S/C24H38N4O10S/c1-17(23(33)27-18(2)24(34)39)26-20(30)6-9-35-11-13-37-15-16-38-14-12-36-10-7-25-19(29)5-8-28-21(31)3-4-22(28)32/h3-4,17-18H,5-16H2,1-2H3,(H,25,29)(H,26,30)(H,27,33)(H,34,39)/t17-,18-/m0/s1. The molecule has 220 valence electrons. The lowest BCUT2D eigenvalue weighted by Gasteiger charge is -2.16. The third-order valence-corrected chi connectivity index (χ3v) is 5.51. The summed E-state index contributed by atoms with van der Waals surface area (Å²) >= 11 is 3.64. The number of hydrogen-bond donors (Lipinski definition) is 4. The summed E-state index contributed by atoms with van der Waals surface area (Å²) in [5, 5.41) is 7.14. The largest absolute Gasteiger partial charge is 0.379 e. The van der Waals surface area contributed by atoms with Crippen LogP contribution in [0.25, 0.3) is 0 Å². The maximum atomic E-state index is 11.9. The Balaban J connectivity index is 1.85. The summed E-state index contributed by atoms with van der Waals surface area (Å²) in [5.41, 5.74) is 0. The van der Waals surface area contributed by atoms with Crippen LogP contribution in [0.3, 0.4) is 0 Å². The van der Waals surface area contributed by atoms with Crippen molar-refractivity contribution in [3.8, 4) is 0 Å². The second-order valence-electron chi connectivity index (χ2n) is 8.32. The summed E-state index contributed by atoms with van der Waals surface area (Å²) in [6.45, 7) is 5.86. The molecule has 0 unspecified atom stereocenters. The van der Waals surface area contributed by atoms with Crippen molar-refractivity contribution in [3.05, 3.63) is 12.2 Å². The Labute approximate surface area is 232 Å². The number of nitrogens with one attached hydrogen (secondary N) is 3. The van der Waals surface area contributed by atoms with Crippen molar-refractivity contribution in [3.63, 3.8) is 0 Å². The minimum absolute atomic E-state index is 0.0313. The number of ether oxygens (including phenoxy) is 4. The van der Waals surface area contributed by atoms with Crippen LogP contribution in [0.4, 0.5) is 0 Å². The fourth-order valence-electron chi connectivity index (χ4n) is 2.92. The number of carbonyl (C=O) groups is 6. The molecule has 0 bridgehead atoms. The molecule has 1 aliphatic heterocycles. The molecule has 14 nitrogen and oxygen atoms in total. The van der Waals surface area contributed by atoms with Gasteiger partial charge in [0.1, 0.15) is 6.04 Å². The Morgan fingerprint density at radius 2 is 1.26 bits per heavy atom. The average molecular weight is 575 g/mol. The Kier molecular flexibility index (Phi) is 17.6. The minimum atomic E-state index is -0.794. The molecule has 0 aromatic rings. The summed E-state index contributed by atoms with van der Waals surface area (Å²) in [5.74, 6) is -1.94. The highest BCUT2D eigenvalue weighted by Crippen LogP contribution is 2.03. The molecular weight excluding hydrogens is 536 g/mol. The summed E-state index contributed by atoms with van der Waals surface area (Å²) in [4.78, 5) is 70.4. The molecule has 1 rings (SSSR count). The Morgan fingerprint density at radius 3 is 1.79 bits per heavy atom. The molecule has 0 aromatic carbocycles. The lowest BCUT2D eigenvalue weighted by molar-refractivity contribution is -0.137. The maximum Gasteiger partial charge on any atom is 0.253 e. The predicted molar refractivity (Wildman–Crippen MR) is 141 cm³/mol. The fourth-order valence-corrected chi connectivity index (χ4v) is 2.99. The zero-order chi connectivity index (χ0) is 29.0. The molecule has 0 spiro atoms. The van der Waals surface area contributed by atoms with Crippen molar-refractivity contribution < 1.29 is 47.7 Å². The zero-order valence-electron chi connectivity index (χ0n) is 22.3. The van der Waals surface area contributed by atoms with Gasteiger partial charge in [0.15, 0.2) is 0 Å². The molecule has 1 heterocycles. The van der Waals surface area contributed by atoms with Crippen molar-refractivity contribution >= 4 is 47.3 Å². The van der Waals surface area contributed by atoms with Gasteiger partial charge >= 0.3 is 0 Å². The average Bonchev–Trinajstić information content (AvgIpc) is 3.21. The quantitative estimate of drug-likeness (QED) is 0.0664. The highest BCUT2D eigenvalue weighted by molar-refractivity contribution is 7.96. The van der Waals surface area contributed by atoms with Crippen molar-refractivity contribution in [2.75, 3.05) is 65.9 Å². The minimum Gasteiger partial charge on any atom is -0.379 e. The molecule has 15 heteroatoms. The number of carbonyl (C=O) groups excluding carboxylic acids is 6. The lowest BCUT2D eigenvalue weighted by Crippen LogP contribution is -2.48. The van der Waals surface area contributed by atoms with Crippen molar-refractivity contribution in [2.24, 2.45) is 0 Å². The first kappa shape index (κ1) is 34.2. The number of nitrogens with zero attached hydrogens (tertiary/aromatic N) is 1. The molecule has 0 fully saturated rings. The number of rotatable bonds is 22. The lowest BCUT2D eigenvalue weighted by atomic mass is 10.2. The molecule has 0 aliphatic carbocycles. The van der Waals surface area contributed by atoms with Crippen LogP contribution in [0.2, 0.25) is 0 Å². The van der Waals surface area contributed by atoms with Crippen molar-refractivity contribution in [1.29, 1.82) is 0 Å². The number of hydrogen-bond acceptors (Lipinski definition) is 10. The van der Waals surface area contributed by atoms with Gasteiger partial charge in [-0.3, -0.25) is 33.7 Å². The van der Waals surface area contributed by atoms with Crippen molar-refractivity contribution in [1.82, 2.24) is 20.9 Å². The zero-order valence-corrected chi connectivity index (χ0v) is 23.2. The van der Waals surface area contributed by atoms with E-state index in [0.717, 1.165) is 4.90 Å². The Bertz CT molecular complexity index is 852. The van der Waals surface area contributed by atoms with Gasteiger partial charge in [0.2, 0.25) is 22.8 Å².